The Labute approximate surface area is 129 Å². The fourth-order valence-corrected chi connectivity index (χ4v) is 2.57. The quantitative estimate of drug-likeness (QED) is 0.775. The van der Waals surface area contributed by atoms with E-state index in [9.17, 15) is 5.11 Å². The Hall–Kier alpha value is -2.62. The fourth-order valence-electron chi connectivity index (χ4n) is 2.57. The van der Waals surface area contributed by atoms with Crippen molar-refractivity contribution >= 4 is 10.9 Å². The summed E-state index contributed by atoms with van der Waals surface area (Å²) in [4.78, 5) is 0. The molecule has 0 atom stereocenters. The van der Waals surface area contributed by atoms with Gasteiger partial charge in [0.05, 0.1) is 7.11 Å². The average Bonchev–Trinajstić information content (AvgIpc) is 2.90. The van der Waals surface area contributed by atoms with Crippen LogP contribution in [0, 0.1) is 0 Å². The molecule has 3 aromatic rings. The van der Waals surface area contributed by atoms with E-state index in [4.69, 9.17) is 9.47 Å². The SMILES string of the molecule is CCn1cc(COc2ccc(OC)cc2)c2cc(O)ccc21. The number of hydrogen-bond donors (Lipinski definition) is 1. The highest BCUT2D eigenvalue weighted by Crippen LogP contribution is 2.27. The molecule has 0 saturated heterocycles. The summed E-state index contributed by atoms with van der Waals surface area (Å²) >= 11 is 0. The Morgan fingerprint density at radius 3 is 2.45 bits per heavy atom. The van der Waals surface area contributed by atoms with E-state index < -0.39 is 0 Å². The molecule has 0 spiro atoms. The number of methoxy groups -OCH3 is 1. The molecule has 0 saturated carbocycles. The van der Waals surface area contributed by atoms with Gasteiger partial charge in [0, 0.05) is 29.2 Å². The van der Waals surface area contributed by atoms with Crippen LogP contribution in [0.4, 0.5) is 0 Å². The lowest BCUT2D eigenvalue weighted by Crippen LogP contribution is -1.95. The van der Waals surface area contributed by atoms with Gasteiger partial charge in [-0.05, 0) is 49.4 Å². The largest absolute Gasteiger partial charge is 0.508 e. The average molecular weight is 297 g/mol. The summed E-state index contributed by atoms with van der Waals surface area (Å²) in [6.07, 6.45) is 2.08. The van der Waals surface area contributed by atoms with E-state index in [1.807, 2.05) is 30.3 Å². The molecule has 4 nitrogen and oxygen atoms in total. The molecule has 114 valence electrons. The van der Waals surface area contributed by atoms with Crippen LogP contribution in [0.25, 0.3) is 10.9 Å². The Morgan fingerprint density at radius 2 is 1.77 bits per heavy atom. The van der Waals surface area contributed by atoms with Crippen molar-refractivity contribution in [2.24, 2.45) is 0 Å². The van der Waals surface area contributed by atoms with Crippen molar-refractivity contribution in [3.05, 3.63) is 54.2 Å². The summed E-state index contributed by atoms with van der Waals surface area (Å²) < 4.78 is 13.1. The molecule has 0 unspecified atom stereocenters. The minimum Gasteiger partial charge on any atom is -0.508 e. The molecule has 4 heteroatoms. The van der Waals surface area contributed by atoms with Gasteiger partial charge in [0.2, 0.25) is 0 Å². The van der Waals surface area contributed by atoms with E-state index >= 15 is 0 Å². The highest BCUT2D eigenvalue weighted by molar-refractivity contribution is 5.85. The second-order valence-corrected chi connectivity index (χ2v) is 5.11. The van der Waals surface area contributed by atoms with Gasteiger partial charge in [0.15, 0.2) is 0 Å². The highest BCUT2D eigenvalue weighted by Gasteiger charge is 2.09. The Balaban J connectivity index is 1.85. The standard InChI is InChI=1S/C18H19NO3/c1-3-19-11-13(17-10-14(20)4-9-18(17)19)12-22-16-7-5-15(21-2)6-8-16/h4-11,20H,3,12H2,1-2H3. The van der Waals surface area contributed by atoms with E-state index in [0.717, 1.165) is 34.5 Å². The second kappa shape index (κ2) is 6.02. The van der Waals surface area contributed by atoms with Crippen molar-refractivity contribution in [3.8, 4) is 17.2 Å². The third-order valence-corrected chi connectivity index (χ3v) is 3.74. The highest BCUT2D eigenvalue weighted by atomic mass is 16.5. The minimum atomic E-state index is 0.270. The van der Waals surface area contributed by atoms with Crippen LogP contribution in [0.15, 0.2) is 48.7 Å². The van der Waals surface area contributed by atoms with Crippen molar-refractivity contribution in [3.63, 3.8) is 0 Å². The summed E-state index contributed by atoms with van der Waals surface area (Å²) in [5.74, 6) is 1.87. The Morgan fingerprint density at radius 1 is 1.05 bits per heavy atom. The summed E-state index contributed by atoms with van der Waals surface area (Å²) in [6, 6.07) is 12.9. The van der Waals surface area contributed by atoms with E-state index in [0.29, 0.717) is 6.61 Å². The number of phenols is 1. The molecule has 2 aromatic carbocycles. The van der Waals surface area contributed by atoms with Crippen molar-refractivity contribution in [2.45, 2.75) is 20.1 Å². The summed E-state index contributed by atoms with van der Waals surface area (Å²) in [6.45, 7) is 3.43. The zero-order valence-corrected chi connectivity index (χ0v) is 12.7. The van der Waals surface area contributed by atoms with Gasteiger partial charge in [0.25, 0.3) is 0 Å². The molecule has 0 amide bonds. The number of phenolic OH excluding ortho intramolecular Hbond substituents is 1. The van der Waals surface area contributed by atoms with Gasteiger partial charge >= 0.3 is 0 Å². The zero-order valence-electron chi connectivity index (χ0n) is 12.7. The lowest BCUT2D eigenvalue weighted by molar-refractivity contribution is 0.306. The normalized spacial score (nSPS) is 10.8. The molecule has 0 bridgehead atoms. The van der Waals surface area contributed by atoms with E-state index in [1.54, 1.807) is 19.2 Å². The number of nitrogens with zero attached hydrogens (tertiary/aromatic N) is 1. The predicted molar refractivity (Wildman–Crippen MR) is 86.6 cm³/mol. The number of ether oxygens (including phenoxy) is 2. The molecule has 0 aliphatic rings. The Kier molecular flexibility index (Phi) is 3.92. The molecule has 1 N–H and O–H groups in total. The van der Waals surface area contributed by atoms with Gasteiger partial charge in [-0.2, -0.15) is 0 Å². The smallest absolute Gasteiger partial charge is 0.120 e. The van der Waals surface area contributed by atoms with Gasteiger partial charge in [-0.3, -0.25) is 0 Å². The van der Waals surface area contributed by atoms with Crippen LogP contribution in [-0.4, -0.2) is 16.8 Å². The van der Waals surface area contributed by atoms with Gasteiger partial charge in [0.1, 0.15) is 23.9 Å². The van der Waals surface area contributed by atoms with Crippen molar-refractivity contribution < 1.29 is 14.6 Å². The van der Waals surface area contributed by atoms with Gasteiger partial charge in [-0.15, -0.1) is 0 Å². The fraction of sp³-hybridized carbons (Fsp3) is 0.222. The second-order valence-electron chi connectivity index (χ2n) is 5.11. The van der Waals surface area contributed by atoms with Crippen LogP contribution >= 0.6 is 0 Å². The van der Waals surface area contributed by atoms with Gasteiger partial charge < -0.3 is 19.1 Å². The van der Waals surface area contributed by atoms with Crippen molar-refractivity contribution in [2.75, 3.05) is 7.11 Å². The molecule has 1 aromatic heterocycles. The maximum atomic E-state index is 9.72. The number of hydrogen-bond acceptors (Lipinski definition) is 3. The number of fused-ring (bicyclic) bond motifs is 1. The maximum absolute atomic E-state index is 9.72. The molecule has 3 rings (SSSR count). The number of aryl methyl sites for hydroxylation is 1. The first-order valence-corrected chi connectivity index (χ1v) is 7.29. The molecule has 0 aliphatic carbocycles. The van der Waals surface area contributed by atoms with Crippen LogP contribution in [0.5, 0.6) is 17.2 Å². The van der Waals surface area contributed by atoms with Gasteiger partial charge in [-0.1, -0.05) is 0 Å². The maximum Gasteiger partial charge on any atom is 0.120 e. The van der Waals surface area contributed by atoms with Gasteiger partial charge in [-0.25, -0.2) is 0 Å². The number of aromatic nitrogens is 1. The molecule has 0 radical (unpaired) electrons. The number of benzene rings is 2. The lowest BCUT2D eigenvalue weighted by Gasteiger charge is -2.06. The van der Waals surface area contributed by atoms with Crippen LogP contribution < -0.4 is 9.47 Å². The third-order valence-electron chi connectivity index (χ3n) is 3.74. The van der Waals surface area contributed by atoms with Crippen LogP contribution in [0.2, 0.25) is 0 Å². The molecule has 1 heterocycles. The summed E-state index contributed by atoms with van der Waals surface area (Å²) in [7, 11) is 1.64. The molecule has 0 aliphatic heterocycles. The monoisotopic (exact) mass is 297 g/mol. The first-order valence-electron chi connectivity index (χ1n) is 7.29. The summed E-state index contributed by atoms with van der Waals surface area (Å²) in [5, 5.41) is 10.7. The number of rotatable bonds is 5. The first kappa shape index (κ1) is 14.3. The minimum absolute atomic E-state index is 0.270. The number of aromatic hydroxyl groups is 1. The molecular weight excluding hydrogens is 278 g/mol. The first-order chi connectivity index (χ1) is 10.7. The van der Waals surface area contributed by atoms with E-state index in [-0.39, 0.29) is 5.75 Å². The van der Waals surface area contributed by atoms with Crippen LogP contribution in [0.3, 0.4) is 0 Å². The molecule has 0 fully saturated rings. The van der Waals surface area contributed by atoms with E-state index in [2.05, 4.69) is 17.7 Å². The van der Waals surface area contributed by atoms with Crippen molar-refractivity contribution in [1.82, 2.24) is 4.57 Å². The topological polar surface area (TPSA) is 43.6 Å². The van der Waals surface area contributed by atoms with Crippen LogP contribution in [-0.2, 0) is 13.2 Å². The predicted octanol–water partition coefficient (Wildman–Crippen LogP) is 3.95. The van der Waals surface area contributed by atoms with Crippen molar-refractivity contribution in [1.29, 1.82) is 0 Å². The van der Waals surface area contributed by atoms with E-state index in [1.165, 1.54) is 0 Å². The molecule has 22 heavy (non-hydrogen) atoms. The lowest BCUT2D eigenvalue weighted by atomic mass is 10.2. The molecular formula is C18H19NO3. The zero-order chi connectivity index (χ0) is 15.5. The third kappa shape index (κ3) is 2.72. The van der Waals surface area contributed by atoms with Crippen LogP contribution in [0.1, 0.15) is 12.5 Å². The Bertz CT molecular complexity index is 775. The summed E-state index contributed by atoms with van der Waals surface area (Å²) in [5.41, 5.74) is 2.16.